The molecule has 4 aromatic rings. The van der Waals surface area contributed by atoms with E-state index in [1.54, 1.807) is 0 Å². The van der Waals surface area contributed by atoms with Crippen molar-refractivity contribution in [2.45, 2.75) is 25.1 Å². The number of H-pyrrole nitrogens is 1. The zero-order valence-electron chi connectivity index (χ0n) is 17.9. The largest absolute Gasteiger partial charge is 0.373 e. The van der Waals surface area contributed by atoms with E-state index >= 15 is 0 Å². The van der Waals surface area contributed by atoms with Crippen LogP contribution in [0.25, 0.3) is 11.0 Å². The quantitative estimate of drug-likeness (QED) is 0.473. The lowest BCUT2D eigenvalue weighted by Crippen LogP contribution is -2.47. The summed E-state index contributed by atoms with van der Waals surface area (Å²) >= 11 is 0. The van der Waals surface area contributed by atoms with Crippen LogP contribution in [-0.4, -0.2) is 40.3 Å². The first-order valence-electron chi connectivity index (χ1n) is 10.9. The van der Waals surface area contributed by atoms with Crippen LogP contribution in [0.4, 0.5) is 0 Å². The molecule has 1 fully saturated rings. The van der Waals surface area contributed by atoms with E-state index in [0.29, 0.717) is 6.61 Å². The van der Waals surface area contributed by atoms with Crippen LogP contribution in [0.3, 0.4) is 0 Å². The van der Waals surface area contributed by atoms with Crippen LogP contribution in [0.5, 0.6) is 0 Å². The molecule has 1 N–H and O–H groups in total. The molecule has 1 aliphatic heterocycles. The van der Waals surface area contributed by atoms with Crippen molar-refractivity contribution in [2.24, 2.45) is 0 Å². The molecule has 0 amide bonds. The van der Waals surface area contributed by atoms with E-state index in [9.17, 15) is 4.79 Å². The van der Waals surface area contributed by atoms with Crippen LogP contribution < -0.4 is 5.69 Å². The summed E-state index contributed by atoms with van der Waals surface area (Å²) in [6.45, 7) is 3.24. The average molecular weight is 450 g/mol. The molecule has 6 heteroatoms. The zero-order valence-corrected chi connectivity index (χ0v) is 18.7. The Morgan fingerprint density at radius 3 is 2.31 bits per heavy atom. The number of imidazole rings is 1. The molecule has 3 aromatic carbocycles. The Morgan fingerprint density at radius 2 is 1.56 bits per heavy atom. The Bertz CT molecular complexity index is 1190. The van der Waals surface area contributed by atoms with E-state index < -0.39 is 0 Å². The predicted octanol–water partition coefficient (Wildman–Crippen LogP) is 4.44. The fraction of sp³-hybridized carbons (Fsp3) is 0.269. The standard InChI is InChI=1S/C26H27N3O2.ClH/c30-26-27-22-13-7-8-14-23(22)29(26)24(17-20-9-3-1-4-10-20)25-19-28(15-16-31-25)18-21-11-5-2-6-12-21;/h1-14,24-25H,15-19H2,(H,27,30);1H. The summed E-state index contributed by atoms with van der Waals surface area (Å²) in [6.07, 6.45) is 0.668. The third-order valence-corrected chi connectivity index (χ3v) is 6.10. The highest BCUT2D eigenvalue weighted by atomic mass is 35.5. The van der Waals surface area contributed by atoms with Crippen molar-refractivity contribution >= 4 is 23.4 Å². The number of nitrogens with one attached hydrogen (secondary N) is 1. The second-order valence-corrected chi connectivity index (χ2v) is 8.20. The van der Waals surface area contributed by atoms with E-state index in [2.05, 4.69) is 46.3 Å². The Hall–Kier alpha value is -2.86. The summed E-state index contributed by atoms with van der Waals surface area (Å²) in [5.74, 6) is 0. The topological polar surface area (TPSA) is 50.3 Å². The lowest BCUT2D eigenvalue weighted by Gasteiger charge is -2.37. The number of fused-ring (bicyclic) bond motifs is 1. The summed E-state index contributed by atoms with van der Waals surface area (Å²) in [6, 6.07) is 28.7. The van der Waals surface area contributed by atoms with Gasteiger partial charge in [-0.15, -0.1) is 12.4 Å². The van der Waals surface area contributed by atoms with Gasteiger partial charge in [0.15, 0.2) is 0 Å². The van der Waals surface area contributed by atoms with Crippen LogP contribution in [0.2, 0.25) is 0 Å². The molecule has 1 aliphatic rings. The van der Waals surface area contributed by atoms with Gasteiger partial charge in [-0.2, -0.15) is 0 Å². The van der Waals surface area contributed by atoms with Crippen LogP contribution in [0, 0.1) is 0 Å². The van der Waals surface area contributed by atoms with Crippen LogP contribution in [0.1, 0.15) is 17.2 Å². The van der Waals surface area contributed by atoms with Crippen molar-refractivity contribution in [2.75, 3.05) is 19.7 Å². The number of halogens is 1. The summed E-state index contributed by atoms with van der Waals surface area (Å²) in [4.78, 5) is 18.5. The van der Waals surface area contributed by atoms with Crippen molar-refractivity contribution in [1.82, 2.24) is 14.5 Å². The SMILES string of the molecule is Cl.O=c1[nH]c2ccccc2n1C(Cc1ccccc1)C1CN(Cc2ccccc2)CCO1. The van der Waals surface area contributed by atoms with Gasteiger partial charge >= 0.3 is 5.69 Å². The highest BCUT2D eigenvalue weighted by Crippen LogP contribution is 2.26. The van der Waals surface area contributed by atoms with Gasteiger partial charge in [0.25, 0.3) is 0 Å². The van der Waals surface area contributed by atoms with Crippen molar-refractivity contribution in [1.29, 1.82) is 0 Å². The summed E-state index contributed by atoms with van der Waals surface area (Å²) in [5, 5.41) is 0. The molecule has 1 aromatic heterocycles. The van der Waals surface area contributed by atoms with Gasteiger partial charge < -0.3 is 9.72 Å². The lowest BCUT2D eigenvalue weighted by atomic mass is 9.99. The molecule has 2 heterocycles. The van der Waals surface area contributed by atoms with Crippen molar-refractivity contribution in [3.05, 3.63) is 107 Å². The molecule has 5 rings (SSSR count). The smallest absolute Gasteiger partial charge is 0.326 e. The Balaban J connectivity index is 0.00000245. The van der Waals surface area contributed by atoms with Crippen LogP contribution >= 0.6 is 12.4 Å². The molecule has 0 radical (unpaired) electrons. The van der Waals surface area contributed by atoms with Crippen molar-refractivity contribution in [3.63, 3.8) is 0 Å². The normalized spacial score (nSPS) is 17.7. The first kappa shape index (κ1) is 22.3. The number of benzene rings is 3. The molecule has 166 valence electrons. The second-order valence-electron chi connectivity index (χ2n) is 8.20. The minimum absolute atomic E-state index is 0. The Morgan fingerprint density at radius 1 is 0.906 bits per heavy atom. The van der Waals surface area contributed by atoms with Gasteiger partial charge in [-0.25, -0.2) is 4.79 Å². The zero-order chi connectivity index (χ0) is 21.0. The number of aromatic nitrogens is 2. The highest BCUT2D eigenvalue weighted by molar-refractivity contribution is 5.85. The second kappa shape index (κ2) is 10.2. The molecule has 0 bridgehead atoms. The number of rotatable bonds is 6. The summed E-state index contributed by atoms with van der Waals surface area (Å²) in [5.41, 5.74) is 4.21. The summed E-state index contributed by atoms with van der Waals surface area (Å²) < 4.78 is 8.19. The molecule has 0 aliphatic carbocycles. The molecule has 5 nitrogen and oxygen atoms in total. The fourth-order valence-corrected chi connectivity index (χ4v) is 4.60. The molecule has 32 heavy (non-hydrogen) atoms. The van der Waals surface area contributed by atoms with Gasteiger partial charge in [0.05, 0.1) is 29.8 Å². The van der Waals surface area contributed by atoms with Gasteiger partial charge in [-0.3, -0.25) is 9.47 Å². The Kier molecular flexibility index (Phi) is 7.10. The van der Waals surface area contributed by atoms with E-state index in [4.69, 9.17) is 4.74 Å². The molecule has 1 saturated heterocycles. The summed E-state index contributed by atoms with van der Waals surface area (Å²) in [7, 11) is 0. The van der Waals surface area contributed by atoms with E-state index in [0.717, 1.165) is 37.1 Å². The monoisotopic (exact) mass is 449 g/mol. The van der Waals surface area contributed by atoms with Crippen LogP contribution in [-0.2, 0) is 17.7 Å². The highest BCUT2D eigenvalue weighted by Gasteiger charge is 2.31. The maximum absolute atomic E-state index is 13.0. The first-order chi connectivity index (χ1) is 15.3. The van der Waals surface area contributed by atoms with E-state index in [1.807, 2.05) is 53.1 Å². The number of morpholine rings is 1. The van der Waals surface area contributed by atoms with Crippen molar-refractivity contribution < 1.29 is 4.74 Å². The molecule has 0 saturated carbocycles. The van der Waals surface area contributed by atoms with Gasteiger partial charge in [-0.1, -0.05) is 72.8 Å². The maximum atomic E-state index is 13.0. The molecule has 0 spiro atoms. The lowest BCUT2D eigenvalue weighted by molar-refractivity contribution is -0.0563. The van der Waals surface area contributed by atoms with Gasteiger partial charge in [0.2, 0.25) is 0 Å². The van der Waals surface area contributed by atoms with E-state index in [-0.39, 0.29) is 30.2 Å². The number of hydrogen-bond donors (Lipinski definition) is 1. The van der Waals surface area contributed by atoms with Gasteiger partial charge in [-0.05, 0) is 29.7 Å². The number of ether oxygens (including phenoxy) is 1. The average Bonchev–Trinajstić information content (AvgIpc) is 3.14. The van der Waals surface area contributed by atoms with Crippen molar-refractivity contribution in [3.8, 4) is 0 Å². The van der Waals surface area contributed by atoms with E-state index in [1.165, 1.54) is 11.1 Å². The minimum Gasteiger partial charge on any atom is -0.373 e. The number of aromatic amines is 1. The third-order valence-electron chi connectivity index (χ3n) is 6.10. The number of para-hydroxylation sites is 2. The predicted molar refractivity (Wildman–Crippen MR) is 130 cm³/mol. The molecular formula is C26H28ClN3O2. The fourth-order valence-electron chi connectivity index (χ4n) is 4.60. The molecule has 2 atom stereocenters. The first-order valence-corrected chi connectivity index (χ1v) is 10.9. The number of hydrogen-bond acceptors (Lipinski definition) is 3. The maximum Gasteiger partial charge on any atom is 0.326 e. The van der Waals surface area contributed by atoms with Crippen LogP contribution in [0.15, 0.2) is 89.7 Å². The van der Waals surface area contributed by atoms with Gasteiger partial charge in [0.1, 0.15) is 0 Å². The molecular weight excluding hydrogens is 422 g/mol. The Labute approximate surface area is 194 Å². The third kappa shape index (κ3) is 4.80. The van der Waals surface area contributed by atoms with Gasteiger partial charge in [0, 0.05) is 19.6 Å². The number of nitrogens with zero attached hydrogens (tertiary/aromatic N) is 2. The molecule has 2 unspecified atom stereocenters. The minimum atomic E-state index is -0.0929.